The summed E-state index contributed by atoms with van der Waals surface area (Å²) in [4.78, 5) is 0. The fourth-order valence-corrected chi connectivity index (χ4v) is 0. The Kier molecular flexibility index (Phi) is 2840000. The van der Waals surface area contributed by atoms with Gasteiger partial charge in [-0.25, -0.2) is 0 Å². The van der Waals surface area contributed by atoms with Gasteiger partial charge in [0.15, 0.2) is 0 Å². The molecular weight excluding hydrogens is 156 g/mol. The number of hydrogen-bond acceptors (Lipinski definition) is 1. The first-order valence-electron chi connectivity index (χ1n) is 0. The normalized spacial score (nSPS) is 0. The van der Waals surface area contributed by atoms with E-state index in [1.54, 1.807) is 0 Å². The zero-order chi connectivity index (χ0) is 0. The summed E-state index contributed by atoms with van der Waals surface area (Å²) in [6.07, 6.45) is 0. The summed E-state index contributed by atoms with van der Waals surface area (Å²) >= 11 is 0. The van der Waals surface area contributed by atoms with Crippen LogP contribution in [0, 0.1) is 0 Å². The van der Waals surface area contributed by atoms with Crippen LogP contribution in [-0.4, -0.2) is 11.0 Å². The van der Waals surface area contributed by atoms with Gasteiger partial charge in [0.1, 0.15) is 0 Å². The van der Waals surface area contributed by atoms with Crippen molar-refractivity contribution in [3.05, 3.63) is 0 Å². The van der Waals surface area contributed by atoms with Crippen LogP contribution in [-0.2, 0) is 0 Å². The monoisotopic (exact) mass is 161 g/mol. The molecule has 0 spiro atoms. The predicted octanol–water partition coefficient (Wildman–Crippen LogP) is -11.9. The van der Waals surface area contributed by atoms with Gasteiger partial charge in [0.2, 0.25) is 0 Å². The second kappa shape index (κ2) is 3790. The van der Waals surface area contributed by atoms with Crippen molar-refractivity contribution < 1.29 is 28.2 Å². The summed E-state index contributed by atoms with van der Waals surface area (Å²) < 4.78 is 0. The maximum Gasteiger partial charge on any atom is 4.00 e. The van der Waals surface area contributed by atoms with Crippen molar-refractivity contribution in [1.82, 2.24) is 6.15 Å². The topological polar surface area (TPSA) is 35.0 Å². The molecule has 0 aromatic carbocycles. The molecule has 0 bridgehead atoms. The van der Waals surface area contributed by atoms with E-state index in [2.05, 4.69) is 0 Å². The first-order chi connectivity index (χ1) is 0. The van der Waals surface area contributed by atoms with Gasteiger partial charge in [-0.3, -0.25) is 9.41 Å². The Bertz CT molecular complexity index is 8.49. The minimum Gasteiger partial charge on any atom is -1.00 e. The molecule has 0 atom stereocenters. The van der Waals surface area contributed by atoms with Crippen LogP contribution in [0.25, 0.3) is 0 Å². The summed E-state index contributed by atoms with van der Waals surface area (Å²) in [5.74, 6) is 0. The Morgan fingerprint density at radius 3 is 0.500 bits per heavy atom. The first-order valence-corrected chi connectivity index (χ1v) is 0. The fraction of sp³-hybridized carbons (Fsp3) is 0. The molecule has 0 saturated heterocycles. The second-order valence-corrected chi connectivity index (χ2v) is 0. The summed E-state index contributed by atoms with van der Waals surface area (Å²) in [5.41, 5.74) is 0. The van der Waals surface area contributed by atoms with Crippen molar-refractivity contribution in [2.24, 2.45) is 0 Å². The summed E-state index contributed by atoms with van der Waals surface area (Å²) in [7, 11) is 0. The van der Waals surface area contributed by atoms with E-state index in [0.717, 1.165) is 0 Å². The van der Waals surface area contributed by atoms with Crippen LogP contribution in [0.5, 0.6) is 0 Å². The molecule has 0 aromatic heterocycles. The first kappa shape index (κ1) is 5990. The molecule has 0 unspecified atom stereocenters. The smallest absolute Gasteiger partial charge is 1.00 e. The average molecular weight is 161 g/mol. The Morgan fingerprint density at radius 1 is 0.500 bits per heavy atom. The Hall–Kier alpha value is -0.243. The van der Waals surface area contributed by atoms with E-state index in [-0.39, 0.29) is 45.3 Å². The molecule has 0 rings (SSSR count). The minimum absolute atomic E-state index is 0. The predicted molar refractivity (Wildman–Crippen MR) is 15.8 cm³/mol. The van der Waals surface area contributed by atoms with Gasteiger partial charge in [-0.15, -0.1) is 0 Å². The summed E-state index contributed by atoms with van der Waals surface area (Å²) in [5, 5.41) is 0. The van der Waals surface area contributed by atoms with Gasteiger partial charge < -0.3 is 25.0 Å². The third kappa shape index (κ3) is 2200. The summed E-state index contributed by atoms with van der Waals surface area (Å²) in [6, 6.07) is 0. The average Bonchev–Trinajstić information content (AvgIpc) is 0. The van der Waals surface area contributed by atoms with Gasteiger partial charge >= 0.3 is 11.0 Å². The molecule has 8 heavy (non-hydrogen) atoms. The van der Waals surface area contributed by atoms with Gasteiger partial charge in [0.25, 0.3) is 0 Å². The molecule has 0 amide bonds. The molecule has 0 fully saturated rings. The van der Waals surface area contributed by atoms with E-state index in [1.807, 2.05) is 0 Å². The fourth-order valence-electron chi connectivity index (χ4n) is 0. The Balaban J connectivity index is 0. The van der Waals surface area contributed by atoms with Crippen molar-refractivity contribution in [3.63, 3.8) is 0 Å². The zero-order valence-corrected chi connectivity index (χ0v) is 4.54. The number of hydrogen-bond donors (Lipinski definition) is 1. The van der Waals surface area contributed by atoms with Crippen molar-refractivity contribution in [2.45, 2.75) is 0 Å². The molecule has 0 radical (unpaired) electrons. The van der Waals surface area contributed by atoms with Crippen LogP contribution in [0.3, 0.4) is 0 Å². The van der Waals surface area contributed by atoms with Crippen LogP contribution in [0.2, 0.25) is 0 Å². The maximum atomic E-state index is 0. The van der Waals surface area contributed by atoms with Gasteiger partial charge in [-0.05, 0) is 0 Å². The van der Waals surface area contributed by atoms with E-state index in [4.69, 9.17) is 0 Å². The standard InChI is InChI=1S/6FH.H3N.Si/h6*1H;1H3;/q;;;;;;;+4/p-4. The van der Waals surface area contributed by atoms with Crippen LogP contribution in [0.15, 0.2) is 0 Å². The van der Waals surface area contributed by atoms with Crippen LogP contribution >= 0.6 is 0 Å². The molecule has 0 aliphatic heterocycles. The van der Waals surface area contributed by atoms with E-state index >= 15 is 0 Å². The molecule has 8 heteroatoms. The molecule has 0 aliphatic carbocycles. The molecule has 0 saturated carbocycles. The van der Waals surface area contributed by atoms with Crippen molar-refractivity contribution in [2.75, 3.05) is 0 Å². The summed E-state index contributed by atoms with van der Waals surface area (Å²) in [6.45, 7) is 0. The van der Waals surface area contributed by atoms with Crippen molar-refractivity contribution in [1.29, 1.82) is 0 Å². The number of rotatable bonds is 0. The third-order valence-corrected chi connectivity index (χ3v) is 0. The van der Waals surface area contributed by atoms with E-state index < -0.39 is 0 Å². The van der Waals surface area contributed by atoms with Gasteiger partial charge in [-0.1, -0.05) is 0 Å². The second-order valence-electron chi connectivity index (χ2n) is 0. The quantitative estimate of drug-likeness (QED) is 0.278. The molecule has 0 aromatic rings. The maximum absolute atomic E-state index is 0. The van der Waals surface area contributed by atoms with Crippen LogP contribution in [0.4, 0.5) is 9.41 Å². The molecular formula is H5F6NSi. The molecule has 56 valence electrons. The molecule has 0 aliphatic rings. The minimum atomic E-state index is 0. The van der Waals surface area contributed by atoms with Crippen molar-refractivity contribution in [3.8, 4) is 0 Å². The van der Waals surface area contributed by atoms with E-state index in [1.165, 1.54) is 0 Å². The molecule has 3 N–H and O–H groups in total. The Morgan fingerprint density at radius 2 is 0.500 bits per heavy atom. The van der Waals surface area contributed by atoms with Gasteiger partial charge in [-0.2, -0.15) is 0 Å². The largest absolute Gasteiger partial charge is 4.00 e. The van der Waals surface area contributed by atoms with Gasteiger partial charge in [0.05, 0.1) is 0 Å². The van der Waals surface area contributed by atoms with Crippen LogP contribution < -0.4 is 25.0 Å². The van der Waals surface area contributed by atoms with Crippen molar-refractivity contribution >= 4 is 11.0 Å². The van der Waals surface area contributed by atoms with Gasteiger partial charge in [0, 0.05) is 0 Å². The van der Waals surface area contributed by atoms with E-state index in [0.29, 0.717) is 0 Å². The molecule has 0 heterocycles. The molecule has 1 nitrogen and oxygen atoms in total. The van der Waals surface area contributed by atoms with Crippen LogP contribution in [0.1, 0.15) is 0 Å². The Labute approximate surface area is 46.6 Å². The van der Waals surface area contributed by atoms with E-state index in [9.17, 15) is 0 Å². The SMILES string of the molecule is F.F.N.[F-].[F-].[F-].[F-].[Si+4]. The zero-order valence-electron chi connectivity index (χ0n) is 3.54. The third-order valence-electron chi connectivity index (χ3n) is 0. The number of halogens is 6.